The highest BCUT2D eigenvalue weighted by molar-refractivity contribution is 6.30. The highest BCUT2D eigenvalue weighted by Gasteiger charge is 2.34. The summed E-state index contributed by atoms with van der Waals surface area (Å²) in [5, 5.41) is 3.68. The van der Waals surface area contributed by atoms with Crippen LogP contribution in [0.3, 0.4) is 0 Å². The zero-order valence-corrected chi connectivity index (χ0v) is 12.1. The lowest BCUT2D eigenvalue weighted by atomic mass is 9.81. The Bertz CT molecular complexity index is 419. The van der Waals surface area contributed by atoms with E-state index in [2.05, 4.69) is 12.2 Å². The standard InChI is InChI=1S/C15H21ClFNO/c1-2-6-18-10-15(5-7-19-11-15)9-12-3-4-14(17)13(16)8-12/h3-4,8,18H,2,5-7,9-11H2,1H3. The highest BCUT2D eigenvalue weighted by atomic mass is 35.5. The molecule has 0 radical (unpaired) electrons. The van der Waals surface area contributed by atoms with Crippen molar-refractivity contribution in [3.8, 4) is 0 Å². The Morgan fingerprint density at radius 2 is 2.32 bits per heavy atom. The van der Waals surface area contributed by atoms with Crippen molar-refractivity contribution in [3.05, 3.63) is 34.6 Å². The van der Waals surface area contributed by atoms with Gasteiger partial charge >= 0.3 is 0 Å². The minimum Gasteiger partial charge on any atom is -0.381 e. The number of rotatable bonds is 6. The third kappa shape index (κ3) is 3.91. The van der Waals surface area contributed by atoms with Gasteiger partial charge < -0.3 is 10.1 Å². The quantitative estimate of drug-likeness (QED) is 0.809. The van der Waals surface area contributed by atoms with Crippen molar-refractivity contribution >= 4 is 11.6 Å². The van der Waals surface area contributed by atoms with Gasteiger partial charge in [0.1, 0.15) is 5.82 Å². The minimum atomic E-state index is -0.355. The van der Waals surface area contributed by atoms with E-state index in [0.29, 0.717) is 0 Å². The third-order valence-electron chi connectivity index (χ3n) is 3.67. The molecule has 1 aliphatic rings. The second-order valence-electron chi connectivity index (χ2n) is 5.40. The Kier molecular flexibility index (Phi) is 5.20. The first-order chi connectivity index (χ1) is 9.15. The predicted octanol–water partition coefficient (Wildman–Crippen LogP) is 3.43. The third-order valence-corrected chi connectivity index (χ3v) is 3.96. The van der Waals surface area contributed by atoms with Crippen molar-refractivity contribution in [2.75, 3.05) is 26.3 Å². The average Bonchev–Trinajstić information content (AvgIpc) is 2.83. The van der Waals surface area contributed by atoms with Crippen LogP contribution in [-0.4, -0.2) is 26.3 Å². The summed E-state index contributed by atoms with van der Waals surface area (Å²) in [5.74, 6) is -0.355. The molecule has 1 aromatic rings. The molecule has 0 spiro atoms. The molecule has 1 saturated heterocycles. The Labute approximate surface area is 119 Å². The summed E-state index contributed by atoms with van der Waals surface area (Å²) < 4.78 is 18.8. The molecule has 2 nitrogen and oxygen atoms in total. The van der Waals surface area contributed by atoms with Crippen molar-refractivity contribution in [3.63, 3.8) is 0 Å². The molecule has 1 heterocycles. The summed E-state index contributed by atoms with van der Waals surface area (Å²) >= 11 is 5.85. The van der Waals surface area contributed by atoms with Gasteiger partial charge in [-0.1, -0.05) is 24.6 Å². The van der Waals surface area contributed by atoms with Crippen LogP contribution in [0, 0.1) is 11.2 Å². The molecule has 106 valence electrons. The van der Waals surface area contributed by atoms with Crippen LogP contribution in [0.5, 0.6) is 0 Å². The van der Waals surface area contributed by atoms with Crippen LogP contribution in [-0.2, 0) is 11.2 Å². The molecule has 19 heavy (non-hydrogen) atoms. The lowest BCUT2D eigenvalue weighted by Gasteiger charge is -2.28. The van der Waals surface area contributed by atoms with E-state index < -0.39 is 0 Å². The van der Waals surface area contributed by atoms with E-state index >= 15 is 0 Å². The molecule has 0 aromatic heterocycles. The van der Waals surface area contributed by atoms with Crippen molar-refractivity contribution in [2.45, 2.75) is 26.2 Å². The van der Waals surface area contributed by atoms with Gasteiger partial charge in [0.2, 0.25) is 0 Å². The van der Waals surface area contributed by atoms with E-state index in [1.165, 1.54) is 6.07 Å². The molecule has 1 atom stereocenters. The number of ether oxygens (including phenoxy) is 1. The molecule has 4 heteroatoms. The van der Waals surface area contributed by atoms with Crippen molar-refractivity contribution in [2.24, 2.45) is 5.41 Å². The van der Waals surface area contributed by atoms with Gasteiger partial charge in [-0.2, -0.15) is 0 Å². The smallest absolute Gasteiger partial charge is 0.141 e. The average molecular weight is 286 g/mol. The first-order valence-electron chi connectivity index (χ1n) is 6.88. The second-order valence-corrected chi connectivity index (χ2v) is 5.81. The van der Waals surface area contributed by atoms with Crippen LogP contribution in [0.4, 0.5) is 4.39 Å². The summed E-state index contributed by atoms with van der Waals surface area (Å²) in [6, 6.07) is 5.00. The molecule has 1 unspecified atom stereocenters. The Hall–Kier alpha value is -0.640. The van der Waals surface area contributed by atoms with Gasteiger partial charge in [-0.3, -0.25) is 0 Å². The fraction of sp³-hybridized carbons (Fsp3) is 0.600. The number of benzene rings is 1. The molecule has 0 saturated carbocycles. The van der Waals surface area contributed by atoms with Gasteiger partial charge in [0.25, 0.3) is 0 Å². The topological polar surface area (TPSA) is 21.3 Å². The van der Waals surface area contributed by atoms with Gasteiger partial charge in [-0.05, 0) is 43.5 Å². The maximum atomic E-state index is 13.2. The maximum absolute atomic E-state index is 13.2. The molecule has 0 amide bonds. The summed E-state index contributed by atoms with van der Waals surface area (Å²) in [7, 11) is 0. The molecule has 1 fully saturated rings. The molecule has 1 aliphatic heterocycles. The van der Waals surface area contributed by atoms with Crippen LogP contribution in [0.25, 0.3) is 0 Å². The molecular formula is C15H21ClFNO. The first-order valence-corrected chi connectivity index (χ1v) is 7.25. The minimum absolute atomic E-state index is 0.121. The van der Waals surface area contributed by atoms with E-state index in [4.69, 9.17) is 16.3 Å². The SMILES string of the molecule is CCCNCC1(Cc2ccc(F)c(Cl)c2)CCOC1. The summed E-state index contributed by atoms with van der Waals surface area (Å²) in [6.45, 7) is 5.69. The van der Waals surface area contributed by atoms with Gasteiger partial charge in [0.15, 0.2) is 0 Å². The zero-order valence-electron chi connectivity index (χ0n) is 11.3. The molecular weight excluding hydrogens is 265 g/mol. The Morgan fingerprint density at radius 3 is 2.95 bits per heavy atom. The van der Waals surface area contributed by atoms with E-state index in [1.807, 2.05) is 6.07 Å². The number of hydrogen-bond acceptors (Lipinski definition) is 2. The van der Waals surface area contributed by atoms with Crippen molar-refractivity contribution < 1.29 is 9.13 Å². The number of nitrogens with one attached hydrogen (secondary N) is 1. The first kappa shape index (κ1) is 14.8. The molecule has 0 bridgehead atoms. The largest absolute Gasteiger partial charge is 0.381 e. The number of hydrogen-bond donors (Lipinski definition) is 1. The highest BCUT2D eigenvalue weighted by Crippen LogP contribution is 2.33. The fourth-order valence-corrected chi connectivity index (χ4v) is 2.81. The monoisotopic (exact) mass is 285 g/mol. The molecule has 2 rings (SSSR count). The summed E-state index contributed by atoms with van der Waals surface area (Å²) in [4.78, 5) is 0. The Balaban J connectivity index is 2.05. The normalized spacial score (nSPS) is 22.9. The molecule has 1 N–H and O–H groups in total. The van der Waals surface area contributed by atoms with Gasteiger partial charge in [0.05, 0.1) is 11.6 Å². The zero-order chi connectivity index (χ0) is 13.7. The lowest BCUT2D eigenvalue weighted by Crippen LogP contribution is -2.37. The molecule has 0 aliphatic carbocycles. The van der Waals surface area contributed by atoms with E-state index in [0.717, 1.165) is 51.1 Å². The van der Waals surface area contributed by atoms with Gasteiger partial charge in [-0.25, -0.2) is 4.39 Å². The van der Waals surface area contributed by atoms with Gasteiger partial charge in [0, 0.05) is 18.6 Å². The van der Waals surface area contributed by atoms with Crippen LogP contribution in [0.2, 0.25) is 5.02 Å². The molecule has 1 aromatic carbocycles. The van der Waals surface area contributed by atoms with Crippen LogP contribution in [0.15, 0.2) is 18.2 Å². The lowest BCUT2D eigenvalue weighted by molar-refractivity contribution is 0.149. The van der Waals surface area contributed by atoms with E-state index in [-0.39, 0.29) is 16.3 Å². The maximum Gasteiger partial charge on any atom is 0.141 e. The Morgan fingerprint density at radius 1 is 1.47 bits per heavy atom. The van der Waals surface area contributed by atoms with E-state index in [1.54, 1.807) is 6.07 Å². The fourth-order valence-electron chi connectivity index (χ4n) is 2.60. The van der Waals surface area contributed by atoms with Gasteiger partial charge in [-0.15, -0.1) is 0 Å². The number of halogens is 2. The van der Waals surface area contributed by atoms with Crippen LogP contribution < -0.4 is 5.32 Å². The van der Waals surface area contributed by atoms with Crippen LogP contribution in [0.1, 0.15) is 25.3 Å². The van der Waals surface area contributed by atoms with E-state index in [9.17, 15) is 4.39 Å². The van der Waals surface area contributed by atoms with Crippen molar-refractivity contribution in [1.29, 1.82) is 0 Å². The predicted molar refractivity (Wildman–Crippen MR) is 76.1 cm³/mol. The summed E-state index contributed by atoms with van der Waals surface area (Å²) in [5.41, 5.74) is 1.20. The van der Waals surface area contributed by atoms with Crippen molar-refractivity contribution in [1.82, 2.24) is 5.32 Å². The van der Waals surface area contributed by atoms with Crippen LogP contribution >= 0.6 is 11.6 Å². The summed E-state index contributed by atoms with van der Waals surface area (Å²) in [6.07, 6.45) is 3.04. The second kappa shape index (κ2) is 6.69.